The Morgan fingerprint density at radius 3 is 2.27 bits per heavy atom. The van der Waals surface area contributed by atoms with Crippen molar-refractivity contribution in [1.29, 1.82) is 0 Å². The Morgan fingerprint density at radius 1 is 1.33 bits per heavy atom. The van der Waals surface area contributed by atoms with Gasteiger partial charge in [0.05, 0.1) is 5.92 Å². The van der Waals surface area contributed by atoms with Gasteiger partial charge in [-0.1, -0.05) is 31.2 Å². The standard InChI is InChI=1S/C13H16O2/c1-9(12(14)15)10-3-5-11(6-4-10)13(2)7-8-13/h3-6,9H,7-8H2,1-2H3,(H,14,15). The number of aliphatic carboxylic acids is 1. The van der Waals surface area contributed by atoms with Gasteiger partial charge in [0, 0.05) is 0 Å². The largest absolute Gasteiger partial charge is 0.481 e. The third-order valence-electron chi connectivity index (χ3n) is 3.48. The van der Waals surface area contributed by atoms with E-state index < -0.39 is 11.9 Å². The Kier molecular flexibility index (Phi) is 2.29. The van der Waals surface area contributed by atoms with Crippen LogP contribution in [0.25, 0.3) is 0 Å². The minimum Gasteiger partial charge on any atom is -0.481 e. The molecule has 0 aliphatic heterocycles. The van der Waals surface area contributed by atoms with E-state index in [1.165, 1.54) is 18.4 Å². The maximum Gasteiger partial charge on any atom is 0.310 e. The number of rotatable bonds is 3. The zero-order valence-corrected chi connectivity index (χ0v) is 9.16. The van der Waals surface area contributed by atoms with Crippen LogP contribution in [-0.4, -0.2) is 11.1 Å². The van der Waals surface area contributed by atoms with Crippen LogP contribution in [0.3, 0.4) is 0 Å². The number of carboxylic acids is 1. The third kappa shape index (κ3) is 1.89. The second kappa shape index (κ2) is 3.37. The summed E-state index contributed by atoms with van der Waals surface area (Å²) in [5, 5.41) is 8.88. The Balaban J connectivity index is 2.20. The molecule has 0 radical (unpaired) electrons. The fraction of sp³-hybridized carbons (Fsp3) is 0.462. The van der Waals surface area contributed by atoms with E-state index in [1.54, 1.807) is 6.92 Å². The summed E-state index contributed by atoms with van der Waals surface area (Å²) in [5.41, 5.74) is 2.59. The second-order valence-electron chi connectivity index (χ2n) is 4.74. The van der Waals surface area contributed by atoms with Crippen LogP contribution in [0.4, 0.5) is 0 Å². The van der Waals surface area contributed by atoms with Crippen LogP contribution in [0, 0.1) is 0 Å². The van der Waals surface area contributed by atoms with Gasteiger partial charge in [0.2, 0.25) is 0 Å². The van der Waals surface area contributed by atoms with Crippen LogP contribution in [0.1, 0.15) is 43.7 Å². The average molecular weight is 204 g/mol. The molecule has 80 valence electrons. The van der Waals surface area contributed by atoms with Gasteiger partial charge in [-0.2, -0.15) is 0 Å². The Bertz CT molecular complexity index is 374. The maximum absolute atomic E-state index is 10.8. The van der Waals surface area contributed by atoms with Gasteiger partial charge in [0.25, 0.3) is 0 Å². The monoisotopic (exact) mass is 204 g/mol. The molecule has 1 atom stereocenters. The minimum absolute atomic E-state index is 0.366. The van der Waals surface area contributed by atoms with Crippen molar-refractivity contribution in [3.63, 3.8) is 0 Å². The lowest BCUT2D eigenvalue weighted by atomic mass is 9.94. The van der Waals surface area contributed by atoms with Crippen LogP contribution >= 0.6 is 0 Å². The zero-order valence-electron chi connectivity index (χ0n) is 9.16. The first-order chi connectivity index (χ1) is 7.03. The van der Waals surface area contributed by atoms with Crippen molar-refractivity contribution in [1.82, 2.24) is 0 Å². The smallest absolute Gasteiger partial charge is 0.310 e. The summed E-state index contributed by atoms with van der Waals surface area (Å²) in [6, 6.07) is 8.03. The van der Waals surface area contributed by atoms with E-state index in [0.717, 1.165) is 5.56 Å². The molecule has 1 fully saturated rings. The summed E-state index contributed by atoms with van der Waals surface area (Å²) in [5.74, 6) is -1.17. The Morgan fingerprint density at radius 2 is 1.87 bits per heavy atom. The summed E-state index contributed by atoms with van der Waals surface area (Å²) >= 11 is 0. The maximum atomic E-state index is 10.8. The van der Waals surface area contributed by atoms with E-state index in [4.69, 9.17) is 5.11 Å². The lowest BCUT2D eigenvalue weighted by Gasteiger charge is -2.11. The summed E-state index contributed by atoms with van der Waals surface area (Å²) in [6.45, 7) is 3.97. The molecule has 2 nitrogen and oxygen atoms in total. The first-order valence-electron chi connectivity index (χ1n) is 5.36. The fourth-order valence-electron chi connectivity index (χ4n) is 1.79. The minimum atomic E-state index is -0.764. The molecular weight excluding hydrogens is 188 g/mol. The fourth-order valence-corrected chi connectivity index (χ4v) is 1.79. The van der Waals surface area contributed by atoms with Crippen LogP contribution < -0.4 is 0 Å². The van der Waals surface area contributed by atoms with Gasteiger partial charge in [-0.15, -0.1) is 0 Å². The highest BCUT2D eigenvalue weighted by molar-refractivity contribution is 5.75. The van der Waals surface area contributed by atoms with Gasteiger partial charge in [0.1, 0.15) is 0 Å². The van der Waals surface area contributed by atoms with Crippen LogP contribution in [0.5, 0.6) is 0 Å². The lowest BCUT2D eigenvalue weighted by Crippen LogP contribution is -2.08. The highest BCUT2D eigenvalue weighted by atomic mass is 16.4. The highest BCUT2D eigenvalue weighted by Crippen LogP contribution is 2.47. The lowest BCUT2D eigenvalue weighted by molar-refractivity contribution is -0.138. The highest BCUT2D eigenvalue weighted by Gasteiger charge is 2.38. The van der Waals surface area contributed by atoms with Gasteiger partial charge < -0.3 is 5.11 Å². The molecule has 0 amide bonds. The molecule has 15 heavy (non-hydrogen) atoms. The molecule has 0 spiro atoms. The van der Waals surface area contributed by atoms with E-state index in [9.17, 15) is 4.79 Å². The number of hydrogen-bond acceptors (Lipinski definition) is 1. The van der Waals surface area contributed by atoms with E-state index >= 15 is 0 Å². The van der Waals surface area contributed by atoms with Crippen LogP contribution in [-0.2, 0) is 10.2 Å². The quantitative estimate of drug-likeness (QED) is 0.822. The molecule has 1 saturated carbocycles. The van der Waals surface area contributed by atoms with Gasteiger partial charge in [-0.25, -0.2) is 0 Å². The first-order valence-corrected chi connectivity index (χ1v) is 5.36. The van der Waals surface area contributed by atoms with Crippen molar-refractivity contribution >= 4 is 5.97 Å². The van der Waals surface area contributed by atoms with E-state index in [-0.39, 0.29) is 0 Å². The van der Waals surface area contributed by atoms with Crippen LogP contribution in [0.15, 0.2) is 24.3 Å². The predicted octanol–water partition coefficient (Wildman–Crippen LogP) is 2.93. The first kappa shape index (κ1) is 10.2. The van der Waals surface area contributed by atoms with Crippen molar-refractivity contribution in [2.24, 2.45) is 0 Å². The number of hydrogen-bond donors (Lipinski definition) is 1. The van der Waals surface area contributed by atoms with Crippen molar-refractivity contribution in [2.45, 2.75) is 38.0 Å². The molecule has 0 heterocycles. The van der Waals surface area contributed by atoms with Crippen molar-refractivity contribution in [3.05, 3.63) is 35.4 Å². The number of carbonyl (C=O) groups is 1. The Labute approximate surface area is 89.9 Å². The number of carboxylic acid groups (broad SMARTS) is 1. The van der Waals surface area contributed by atoms with E-state index in [0.29, 0.717) is 5.41 Å². The zero-order chi connectivity index (χ0) is 11.1. The average Bonchev–Trinajstić information content (AvgIpc) is 2.97. The molecule has 0 bridgehead atoms. The molecule has 0 saturated heterocycles. The van der Waals surface area contributed by atoms with Crippen LogP contribution in [0.2, 0.25) is 0 Å². The molecule has 1 aliphatic carbocycles. The normalized spacial score (nSPS) is 19.6. The SMILES string of the molecule is CC(C(=O)O)c1ccc(C2(C)CC2)cc1. The van der Waals surface area contributed by atoms with Gasteiger partial charge in [-0.05, 0) is 36.3 Å². The molecule has 0 aromatic heterocycles. The van der Waals surface area contributed by atoms with Gasteiger partial charge in [0.15, 0.2) is 0 Å². The molecular formula is C13H16O2. The van der Waals surface area contributed by atoms with Crippen molar-refractivity contribution < 1.29 is 9.90 Å². The molecule has 2 heteroatoms. The summed E-state index contributed by atoms with van der Waals surface area (Å²) in [7, 11) is 0. The second-order valence-corrected chi connectivity index (χ2v) is 4.74. The van der Waals surface area contributed by atoms with Crippen molar-refractivity contribution in [3.8, 4) is 0 Å². The van der Waals surface area contributed by atoms with Gasteiger partial charge >= 0.3 is 5.97 Å². The molecule has 1 aromatic carbocycles. The molecule has 1 N–H and O–H groups in total. The van der Waals surface area contributed by atoms with E-state index in [1.807, 2.05) is 12.1 Å². The molecule has 1 unspecified atom stereocenters. The summed E-state index contributed by atoms with van der Waals surface area (Å²) in [4.78, 5) is 10.8. The molecule has 2 rings (SSSR count). The Hall–Kier alpha value is -1.31. The molecule has 1 aliphatic rings. The summed E-state index contributed by atoms with van der Waals surface area (Å²) in [6.07, 6.45) is 2.50. The van der Waals surface area contributed by atoms with Crippen molar-refractivity contribution in [2.75, 3.05) is 0 Å². The van der Waals surface area contributed by atoms with Gasteiger partial charge in [-0.3, -0.25) is 4.79 Å². The topological polar surface area (TPSA) is 37.3 Å². The predicted molar refractivity (Wildman–Crippen MR) is 59.1 cm³/mol. The van der Waals surface area contributed by atoms with E-state index in [2.05, 4.69) is 19.1 Å². The summed E-state index contributed by atoms with van der Waals surface area (Å²) < 4.78 is 0. The molecule has 1 aromatic rings. The third-order valence-corrected chi connectivity index (χ3v) is 3.48. The number of benzene rings is 1.